The van der Waals surface area contributed by atoms with Crippen molar-refractivity contribution in [2.24, 2.45) is 0 Å². The molecule has 1 aliphatic rings. The summed E-state index contributed by atoms with van der Waals surface area (Å²) in [5.74, 6) is 0. The summed E-state index contributed by atoms with van der Waals surface area (Å²) >= 11 is 0. The molecule has 2 aromatic rings. The van der Waals surface area contributed by atoms with Gasteiger partial charge in [-0.15, -0.1) is 0 Å². The molecule has 0 aromatic heterocycles. The number of anilines is 1. The molecule has 0 bridgehead atoms. The van der Waals surface area contributed by atoms with Crippen molar-refractivity contribution in [2.45, 2.75) is 31.0 Å². The van der Waals surface area contributed by atoms with E-state index < -0.39 is 10.0 Å². The van der Waals surface area contributed by atoms with Crippen LogP contribution in [0, 0.1) is 6.92 Å². The van der Waals surface area contributed by atoms with Crippen LogP contribution in [-0.2, 0) is 14.8 Å². The number of hydrogen-bond donors (Lipinski definition) is 2. The minimum atomic E-state index is -3.59. The molecule has 0 saturated carbocycles. The number of benzene rings is 2. The maximum atomic E-state index is 12.9. The molecule has 2 unspecified atom stereocenters. The standard InChI is InChI=1S/C20H25N3O4S/c1-14-9-10-17(28(25,26)21-3)11-18(14)22-20(24)23-12-15(2)27-19(13-23)16-7-5-4-6-8-16/h4-11,15,19,21H,12-13H2,1-3H3,(H,22,24). The van der Waals surface area contributed by atoms with E-state index in [-0.39, 0.29) is 23.1 Å². The molecule has 1 saturated heterocycles. The van der Waals surface area contributed by atoms with E-state index in [1.165, 1.54) is 19.2 Å². The molecule has 1 aliphatic heterocycles. The predicted molar refractivity (Wildman–Crippen MR) is 108 cm³/mol. The highest BCUT2D eigenvalue weighted by atomic mass is 32.2. The highest BCUT2D eigenvalue weighted by molar-refractivity contribution is 7.89. The number of carbonyl (C=O) groups is 1. The number of nitrogens with one attached hydrogen (secondary N) is 2. The monoisotopic (exact) mass is 403 g/mol. The van der Waals surface area contributed by atoms with Crippen LogP contribution in [-0.4, -0.2) is 45.6 Å². The quantitative estimate of drug-likeness (QED) is 0.822. The highest BCUT2D eigenvalue weighted by Crippen LogP contribution is 2.26. The van der Waals surface area contributed by atoms with Gasteiger partial charge in [0.1, 0.15) is 6.10 Å². The fourth-order valence-electron chi connectivity index (χ4n) is 3.18. The fraction of sp³-hybridized carbons (Fsp3) is 0.350. The van der Waals surface area contributed by atoms with Crippen LogP contribution in [0.1, 0.15) is 24.2 Å². The summed E-state index contributed by atoms with van der Waals surface area (Å²) in [7, 11) is -2.23. The lowest BCUT2D eigenvalue weighted by Gasteiger charge is -2.37. The van der Waals surface area contributed by atoms with Crippen LogP contribution in [0.25, 0.3) is 0 Å². The van der Waals surface area contributed by atoms with Crippen LogP contribution in [0.5, 0.6) is 0 Å². The average molecular weight is 404 g/mol. The summed E-state index contributed by atoms with van der Waals surface area (Å²) in [5, 5.41) is 2.85. The first-order valence-corrected chi connectivity index (χ1v) is 10.6. The molecule has 0 aliphatic carbocycles. The number of carbonyl (C=O) groups excluding carboxylic acids is 1. The lowest BCUT2D eigenvalue weighted by Crippen LogP contribution is -2.47. The largest absolute Gasteiger partial charge is 0.367 e. The summed E-state index contributed by atoms with van der Waals surface area (Å²) in [6.45, 7) is 4.64. The minimum Gasteiger partial charge on any atom is -0.367 e. The Hall–Kier alpha value is -2.42. The molecule has 8 heteroatoms. The zero-order valence-electron chi connectivity index (χ0n) is 16.2. The van der Waals surface area contributed by atoms with Gasteiger partial charge >= 0.3 is 6.03 Å². The Bertz CT molecular complexity index is 947. The molecule has 0 radical (unpaired) electrons. The number of aryl methyl sites for hydroxylation is 1. The maximum Gasteiger partial charge on any atom is 0.322 e. The van der Waals surface area contributed by atoms with Crippen LogP contribution in [0.3, 0.4) is 0 Å². The van der Waals surface area contributed by atoms with E-state index in [0.29, 0.717) is 18.8 Å². The lowest BCUT2D eigenvalue weighted by atomic mass is 10.1. The van der Waals surface area contributed by atoms with Gasteiger partial charge < -0.3 is 15.0 Å². The van der Waals surface area contributed by atoms with E-state index in [9.17, 15) is 13.2 Å². The van der Waals surface area contributed by atoms with E-state index in [4.69, 9.17) is 4.74 Å². The Morgan fingerprint density at radius 1 is 1.14 bits per heavy atom. The molecule has 2 aromatic carbocycles. The molecule has 1 heterocycles. The number of amides is 2. The van der Waals surface area contributed by atoms with Crippen molar-refractivity contribution < 1.29 is 17.9 Å². The van der Waals surface area contributed by atoms with Gasteiger partial charge in [-0.3, -0.25) is 0 Å². The maximum absolute atomic E-state index is 12.9. The van der Waals surface area contributed by atoms with E-state index in [1.807, 2.05) is 44.2 Å². The first-order valence-electron chi connectivity index (χ1n) is 9.10. The molecule has 3 rings (SSSR count). The van der Waals surface area contributed by atoms with Gasteiger partial charge in [0.15, 0.2) is 0 Å². The molecule has 7 nitrogen and oxygen atoms in total. The van der Waals surface area contributed by atoms with Gasteiger partial charge in [0, 0.05) is 12.2 Å². The third-order valence-electron chi connectivity index (χ3n) is 4.75. The van der Waals surface area contributed by atoms with Gasteiger partial charge in [-0.2, -0.15) is 0 Å². The van der Waals surface area contributed by atoms with Crippen molar-refractivity contribution in [1.29, 1.82) is 0 Å². The van der Waals surface area contributed by atoms with Crippen LogP contribution in [0.2, 0.25) is 0 Å². The summed E-state index contributed by atoms with van der Waals surface area (Å²) < 4.78 is 32.4. The van der Waals surface area contributed by atoms with Crippen molar-refractivity contribution in [3.63, 3.8) is 0 Å². The summed E-state index contributed by atoms with van der Waals surface area (Å²) in [6.07, 6.45) is -0.311. The number of ether oxygens (including phenoxy) is 1. The molecule has 2 N–H and O–H groups in total. The van der Waals surface area contributed by atoms with E-state index in [1.54, 1.807) is 11.0 Å². The third kappa shape index (κ3) is 4.52. The van der Waals surface area contributed by atoms with Crippen LogP contribution >= 0.6 is 0 Å². The smallest absolute Gasteiger partial charge is 0.322 e. The number of nitrogens with zero attached hydrogens (tertiary/aromatic N) is 1. The second-order valence-electron chi connectivity index (χ2n) is 6.87. The highest BCUT2D eigenvalue weighted by Gasteiger charge is 2.29. The van der Waals surface area contributed by atoms with Crippen LogP contribution < -0.4 is 10.0 Å². The number of morpholine rings is 1. The number of rotatable bonds is 4. The Balaban J connectivity index is 1.78. The number of sulfonamides is 1. The second-order valence-corrected chi connectivity index (χ2v) is 8.75. The molecular formula is C20H25N3O4S. The zero-order valence-corrected chi connectivity index (χ0v) is 17.0. The van der Waals surface area contributed by atoms with Gasteiger partial charge in [-0.05, 0) is 44.2 Å². The third-order valence-corrected chi connectivity index (χ3v) is 6.16. The lowest BCUT2D eigenvalue weighted by molar-refractivity contribution is -0.0642. The van der Waals surface area contributed by atoms with E-state index in [2.05, 4.69) is 10.0 Å². The SMILES string of the molecule is CNS(=O)(=O)c1ccc(C)c(NC(=O)N2CC(C)OC(c3ccccc3)C2)c1. The first-order chi connectivity index (χ1) is 13.3. The van der Waals surface area contributed by atoms with E-state index in [0.717, 1.165) is 11.1 Å². The van der Waals surface area contributed by atoms with Crippen LogP contribution in [0.4, 0.5) is 10.5 Å². The zero-order chi connectivity index (χ0) is 20.3. The molecule has 28 heavy (non-hydrogen) atoms. The van der Waals surface area contributed by atoms with Crippen LogP contribution in [0.15, 0.2) is 53.4 Å². The van der Waals surface area contributed by atoms with Crippen molar-refractivity contribution >= 4 is 21.7 Å². The topological polar surface area (TPSA) is 87.7 Å². The summed E-state index contributed by atoms with van der Waals surface area (Å²) in [6, 6.07) is 14.2. The first kappa shape index (κ1) is 20.3. The van der Waals surface area contributed by atoms with Crippen molar-refractivity contribution in [1.82, 2.24) is 9.62 Å². The molecule has 2 atom stereocenters. The Morgan fingerprint density at radius 3 is 2.54 bits per heavy atom. The Morgan fingerprint density at radius 2 is 1.86 bits per heavy atom. The summed E-state index contributed by atoms with van der Waals surface area (Å²) in [5.41, 5.74) is 2.27. The molecule has 2 amide bonds. The van der Waals surface area contributed by atoms with Gasteiger partial charge in [0.05, 0.1) is 17.5 Å². The van der Waals surface area contributed by atoms with Gasteiger partial charge in [0.25, 0.3) is 0 Å². The van der Waals surface area contributed by atoms with Crippen molar-refractivity contribution in [3.8, 4) is 0 Å². The molecular weight excluding hydrogens is 378 g/mol. The van der Waals surface area contributed by atoms with Gasteiger partial charge in [-0.25, -0.2) is 17.9 Å². The number of urea groups is 1. The van der Waals surface area contributed by atoms with Crippen molar-refractivity contribution in [3.05, 3.63) is 59.7 Å². The van der Waals surface area contributed by atoms with E-state index >= 15 is 0 Å². The second kappa shape index (κ2) is 8.30. The van der Waals surface area contributed by atoms with Gasteiger partial charge in [0.2, 0.25) is 10.0 Å². The number of hydrogen-bond acceptors (Lipinski definition) is 4. The Labute approximate surface area is 165 Å². The normalized spacial score (nSPS) is 20.0. The fourth-order valence-corrected chi connectivity index (χ4v) is 3.94. The average Bonchev–Trinajstić information content (AvgIpc) is 2.69. The predicted octanol–water partition coefficient (Wildman–Crippen LogP) is 2.90. The summed E-state index contributed by atoms with van der Waals surface area (Å²) in [4.78, 5) is 14.7. The molecule has 150 valence electrons. The molecule has 1 fully saturated rings. The minimum absolute atomic E-state index is 0.105. The molecule has 0 spiro atoms. The van der Waals surface area contributed by atoms with Gasteiger partial charge in [-0.1, -0.05) is 36.4 Å². The Kier molecular flexibility index (Phi) is 6.02. The van der Waals surface area contributed by atoms with Crippen molar-refractivity contribution in [2.75, 3.05) is 25.5 Å².